The second kappa shape index (κ2) is 8.52. The number of aryl methyl sites for hydroxylation is 1. The van der Waals surface area contributed by atoms with Gasteiger partial charge < -0.3 is 15.2 Å². The monoisotopic (exact) mass is 474 g/mol. The van der Waals surface area contributed by atoms with E-state index < -0.39 is 23.7 Å². The number of aromatic nitrogens is 4. The van der Waals surface area contributed by atoms with Crippen molar-refractivity contribution in [3.63, 3.8) is 0 Å². The second-order valence-corrected chi connectivity index (χ2v) is 8.06. The molecule has 178 valence electrons. The number of alkyl halides is 3. The van der Waals surface area contributed by atoms with Gasteiger partial charge in [0.25, 0.3) is 0 Å². The Morgan fingerprint density at radius 3 is 2.59 bits per heavy atom. The smallest absolute Gasteiger partial charge is 0.433 e. The van der Waals surface area contributed by atoms with Gasteiger partial charge in [-0.25, -0.2) is 14.7 Å². The van der Waals surface area contributed by atoms with Gasteiger partial charge in [0.05, 0.1) is 11.7 Å². The number of hydrogen-bond acceptors (Lipinski definition) is 8. The summed E-state index contributed by atoms with van der Waals surface area (Å²) in [6.45, 7) is 4.84. The summed E-state index contributed by atoms with van der Waals surface area (Å²) in [6.07, 6.45) is -1.20. The number of nitrogens with one attached hydrogen (secondary N) is 1. The number of pyridine rings is 2. The minimum atomic E-state index is -4.54. The van der Waals surface area contributed by atoms with Crippen LogP contribution in [0.5, 0.6) is 0 Å². The van der Waals surface area contributed by atoms with Crippen molar-refractivity contribution in [1.29, 1.82) is 0 Å². The molecule has 1 saturated heterocycles. The summed E-state index contributed by atoms with van der Waals surface area (Å²) in [5.74, 6) is 0.350. The molecule has 4 heterocycles. The summed E-state index contributed by atoms with van der Waals surface area (Å²) < 4.78 is 43.9. The number of ether oxygens (including phenoxy) is 1. The highest BCUT2D eigenvalue weighted by atomic mass is 19.4. The van der Waals surface area contributed by atoms with Crippen LogP contribution in [0.2, 0.25) is 0 Å². The third-order valence-corrected chi connectivity index (χ3v) is 5.29. The largest absolute Gasteiger partial charge is 0.444 e. The number of aliphatic hydroxyl groups is 1. The van der Waals surface area contributed by atoms with Gasteiger partial charge in [0, 0.05) is 24.2 Å². The first-order valence-corrected chi connectivity index (χ1v) is 10.2. The lowest BCUT2D eigenvalue weighted by Gasteiger charge is -2.25. The van der Waals surface area contributed by atoms with Crippen LogP contribution in [0.25, 0.3) is 11.1 Å². The van der Waals surface area contributed by atoms with Crippen molar-refractivity contribution in [1.82, 2.24) is 19.9 Å². The van der Waals surface area contributed by atoms with E-state index in [0.29, 0.717) is 16.8 Å². The molecule has 9 nitrogen and oxygen atoms in total. The lowest BCUT2D eigenvalue weighted by Crippen LogP contribution is -2.45. The SMILES string of the molecule is Cc1cc([C@H](C)Nc2nccc(N3C(=O)OC[C@]3(C)O)n2)ncc1-c1ccnc(C(F)(F)F)c1. The molecular weight excluding hydrogens is 453 g/mol. The van der Waals surface area contributed by atoms with Crippen molar-refractivity contribution < 1.29 is 27.8 Å². The number of anilines is 2. The lowest BCUT2D eigenvalue weighted by atomic mass is 10.0. The van der Waals surface area contributed by atoms with Crippen LogP contribution in [-0.2, 0) is 10.9 Å². The van der Waals surface area contributed by atoms with Crippen LogP contribution in [0.15, 0.2) is 42.9 Å². The molecule has 0 aliphatic carbocycles. The third kappa shape index (κ3) is 4.62. The van der Waals surface area contributed by atoms with Crippen LogP contribution in [0, 0.1) is 6.92 Å². The van der Waals surface area contributed by atoms with Crippen molar-refractivity contribution in [3.8, 4) is 11.1 Å². The Bertz CT molecular complexity index is 1230. The standard InChI is InChI=1S/C22H21F3N6O3/c1-12-8-16(28-10-15(12)14-4-6-26-17(9-14)22(23,24)25)13(2)29-19-27-7-5-18(30-19)31-20(32)34-11-21(31,3)33/h4-10,13,33H,11H2,1-3H3,(H,27,29,30)/t13-,21-/m0/s1. The van der Waals surface area contributed by atoms with Crippen LogP contribution < -0.4 is 10.2 Å². The molecule has 34 heavy (non-hydrogen) atoms. The van der Waals surface area contributed by atoms with Crippen molar-refractivity contribution in [2.75, 3.05) is 16.8 Å². The van der Waals surface area contributed by atoms with Gasteiger partial charge in [-0.15, -0.1) is 0 Å². The highest BCUT2D eigenvalue weighted by Crippen LogP contribution is 2.32. The molecule has 1 fully saturated rings. The first-order valence-electron chi connectivity index (χ1n) is 10.2. The van der Waals surface area contributed by atoms with Gasteiger partial charge in [0.15, 0.2) is 5.72 Å². The fraction of sp³-hybridized carbons (Fsp3) is 0.318. The van der Waals surface area contributed by atoms with Crippen LogP contribution >= 0.6 is 0 Å². The van der Waals surface area contributed by atoms with Crippen LogP contribution in [0.3, 0.4) is 0 Å². The molecule has 0 aromatic carbocycles. The number of halogens is 3. The Kier molecular flexibility index (Phi) is 5.86. The van der Waals surface area contributed by atoms with Gasteiger partial charge in [-0.1, -0.05) is 0 Å². The average Bonchev–Trinajstić information content (AvgIpc) is 3.05. The summed E-state index contributed by atoms with van der Waals surface area (Å²) >= 11 is 0. The summed E-state index contributed by atoms with van der Waals surface area (Å²) in [5, 5.41) is 13.4. The molecule has 12 heteroatoms. The van der Waals surface area contributed by atoms with Gasteiger partial charge in [-0.2, -0.15) is 18.2 Å². The number of rotatable bonds is 5. The highest BCUT2D eigenvalue weighted by Gasteiger charge is 2.44. The molecule has 1 amide bonds. The van der Waals surface area contributed by atoms with E-state index in [2.05, 4.69) is 25.3 Å². The fourth-order valence-electron chi connectivity index (χ4n) is 3.55. The number of nitrogens with zero attached hydrogens (tertiary/aromatic N) is 5. The zero-order valence-corrected chi connectivity index (χ0v) is 18.5. The van der Waals surface area contributed by atoms with Gasteiger partial charge >= 0.3 is 12.3 Å². The van der Waals surface area contributed by atoms with Crippen LogP contribution in [0.1, 0.15) is 36.8 Å². The average molecular weight is 474 g/mol. The Hall–Kier alpha value is -3.80. The number of amides is 1. The molecule has 2 N–H and O–H groups in total. The number of hydrogen-bond donors (Lipinski definition) is 2. The Morgan fingerprint density at radius 1 is 1.21 bits per heavy atom. The van der Waals surface area contributed by atoms with E-state index in [-0.39, 0.29) is 24.4 Å². The molecule has 0 spiro atoms. The minimum Gasteiger partial charge on any atom is -0.444 e. The number of carbonyl (C=O) groups is 1. The van der Waals surface area contributed by atoms with E-state index >= 15 is 0 Å². The van der Waals surface area contributed by atoms with Crippen molar-refractivity contribution in [2.24, 2.45) is 0 Å². The predicted molar refractivity (Wildman–Crippen MR) is 116 cm³/mol. The molecule has 4 rings (SSSR count). The molecule has 3 aromatic heterocycles. The van der Waals surface area contributed by atoms with Crippen molar-refractivity contribution >= 4 is 17.9 Å². The molecule has 0 bridgehead atoms. The van der Waals surface area contributed by atoms with Crippen molar-refractivity contribution in [2.45, 2.75) is 38.7 Å². The maximum absolute atomic E-state index is 13.0. The fourth-order valence-corrected chi connectivity index (χ4v) is 3.55. The number of carbonyl (C=O) groups excluding carboxylic acids is 1. The van der Waals surface area contributed by atoms with E-state index in [9.17, 15) is 23.1 Å². The van der Waals surface area contributed by atoms with Gasteiger partial charge in [0.1, 0.15) is 18.1 Å². The third-order valence-electron chi connectivity index (χ3n) is 5.29. The minimum absolute atomic E-state index is 0.162. The summed E-state index contributed by atoms with van der Waals surface area (Å²) in [4.78, 5) is 29.2. The lowest BCUT2D eigenvalue weighted by molar-refractivity contribution is -0.141. The first kappa shape index (κ1) is 23.4. The summed E-state index contributed by atoms with van der Waals surface area (Å²) in [5.41, 5.74) is -0.267. The zero-order valence-electron chi connectivity index (χ0n) is 18.5. The van der Waals surface area contributed by atoms with Gasteiger partial charge in [0.2, 0.25) is 5.95 Å². The maximum atomic E-state index is 13.0. The maximum Gasteiger partial charge on any atom is 0.433 e. The Labute approximate surface area is 192 Å². The zero-order chi connectivity index (χ0) is 24.7. The van der Waals surface area contributed by atoms with E-state index in [1.807, 2.05) is 6.92 Å². The normalized spacial score (nSPS) is 19.1. The van der Waals surface area contributed by atoms with E-state index in [4.69, 9.17) is 4.74 Å². The molecule has 3 aromatic rings. The molecule has 1 aliphatic rings. The van der Waals surface area contributed by atoms with Gasteiger partial charge in [-0.3, -0.25) is 9.97 Å². The molecule has 1 aliphatic heterocycles. The van der Waals surface area contributed by atoms with E-state index in [0.717, 1.165) is 22.7 Å². The molecule has 0 saturated carbocycles. The molecule has 2 atom stereocenters. The summed E-state index contributed by atoms with van der Waals surface area (Å²) in [6, 6.07) is 5.34. The molecule has 0 unspecified atom stereocenters. The van der Waals surface area contributed by atoms with E-state index in [1.54, 1.807) is 13.0 Å². The highest BCUT2D eigenvalue weighted by molar-refractivity contribution is 5.89. The summed E-state index contributed by atoms with van der Waals surface area (Å²) in [7, 11) is 0. The van der Waals surface area contributed by atoms with Crippen LogP contribution in [0.4, 0.5) is 29.7 Å². The Morgan fingerprint density at radius 2 is 1.94 bits per heavy atom. The topological polar surface area (TPSA) is 113 Å². The second-order valence-electron chi connectivity index (χ2n) is 8.06. The molecular formula is C22H21F3N6O3. The predicted octanol–water partition coefficient (Wildman–Crippen LogP) is 4.10. The quantitative estimate of drug-likeness (QED) is 0.568. The van der Waals surface area contributed by atoms with E-state index in [1.165, 1.54) is 31.5 Å². The first-order chi connectivity index (χ1) is 16.0. The number of cyclic esters (lactones) is 1. The van der Waals surface area contributed by atoms with Crippen LogP contribution in [-0.4, -0.2) is 43.5 Å². The molecule has 0 radical (unpaired) electrons. The van der Waals surface area contributed by atoms with Gasteiger partial charge in [-0.05, 0) is 56.2 Å². The Balaban J connectivity index is 1.55. The van der Waals surface area contributed by atoms with Crippen molar-refractivity contribution in [3.05, 3.63) is 59.8 Å².